The number of hydrogen-bond acceptors (Lipinski definition) is 2. The monoisotopic (exact) mass is 712 g/mol. The highest BCUT2D eigenvalue weighted by Gasteiger charge is 2.25. The van der Waals surface area contributed by atoms with Crippen LogP contribution in [0.3, 0.4) is 0 Å². The van der Waals surface area contributed by atoms with E-state index in [1.165, 1.54) is 70.9 Å². The fourth-order valence-corrected chi connectivity index (χ4v) is 8.93. The van der Waals surface area contributed by atoms with Crippen LogP contribution in [0.15, 0.2) is 194 Å². The van der Waals surface area contributed by atoms with E-state index in [1.54, 1.807) is 0 Å². The molecule has 0 atom stereocenters. The first-order chi connectivity index (χ1) is 27.7. The summed E-state index contributed by atoms with van der Waals surface area (Å²) < 4.78 is 8.53. The molecule has 0 saturated heterocycles. The minimum atomic E-state index is 0.825. The molecule has 0 fully saturated rings. The van der Waals surface area contributed by atoms with Gasteiger partial charge in [0.05, 0.1) is 11.2 Å². The maximum atomic E-state index is 6.29. The van der Waals surface area contributed by atoms with Crippen LogP contribution in [0, 0.1) is 0 Å². The minimum Gasteiger partial charge on any atom is -0.453 e. The summed E-state index contributed by atoms with van der Waals surface area (Å²) in [6.45, 7) is 0. The zero-order valence-electron chi connectivity index (χ0n) is 30.3. The molecule has 0 radical (unpaired) electrons. The lowest BCUT2D eigenvalue weighted by molar-refractivity contribution is 0.476. The Kier molecular flexibility index (Phi) is 6.63. The van der Waals surface area contributed by atoms with Crippen molar-refractivity contribution in [3.05, 3.63) is 194 Å². The second-order valence-electron chi connectivity index (χ2n) is 14.7. The van der Waals surface area contributed by atoms with Crippen LogP contribution < -0.4 is 4.74 Å². The molecule has 10 aromatic carbocycles. The molecule has 0 unspecified atom stereocenters. The highest BCUT2D eigenvalue weighted by Crippen LogP contribution is 2.47. The van der Waals surface area contributed by atoms with Gasteiger partial charge in [-0.3, -0.25) is 4.57 Å². The minimum absolute atomic E-state index is 0.825. The van der Waals surface area contributed by atoms with E-state index in [0.29, 0.717) is 0 Å². The van der Waals surface area contributed by atoms with Crippen LogP contribution in [0.1, 0.15) is 0 Å². The third kappa shape index (κ3) is 4.68. The van der Waals surface area contributed by atoms with Crippen molar-refractivity contribution >= 4 is 54.1 Å². The molecule has 56 heavy (non-hydrogen) atoms. The summed E-state index contributed by atoms with van der Waals surface area (Å²) in [5, 5.41) is 9.93. The van der Waals surface area contributed by atoms with E-state index in [-0.39, 0.29) is 0 Å². The predicted molar refractivity (Wildman–Crippen MR) is 233 cm³/mol. The number of aromatic nitrogens is 2. The molecule has 0 aliphatic carbocycles. The first-order valence-corrected chi connectivity index (χ1v) is 19.1. The van der Waals surface area contributed by atoms with Gasteiger partial charge in [0.15, 0.2) is 11.5 Å². The fourth-order valence-electron chi connectivity index (χ4n) is 8.93. The van der Waals surface area contributed by atoms with Gasteiger partial charge in [-0.15, -0.1) is 0 Å². The van der Waals surface area contributed by atoms with Crippen molar-refractivity contribution in [3.63, 3.8) is 0 Å². The van der Waals surface area contributed by atoms with Crippen molar-refractivity contribution in [2.45, 2.75) is 0 Å². The summed E-state index contributed by atoms with van der Waals surface area (Å²) in [7, 11) is 0. The molecule has 0 N–H and O–H groups in total. The smallest absolute Gasteiger partial charge is 0.153 e. The van der Waals surface area contributed by atoms with Gasteiger partial charge in [-0.2, -0.15) is 0 Å². The van der Waals surface area contributed by atoms with Crippen molar-refractivity contribution in [2.75, 3.05) is 0 Å². The number of hydrogen-bond donors (Lipinski definition) is 0. The molecule has 11 aromatic rings. The Morgan fingerprint density at radius 1 is 0.357 bits per heavy atom. The van der Waals surface area contributed by atoms with Crippen LogP contribution in [0.2, 0.25) is 0 Å². The number of nitrogens with zero attached hydrogens (tertiary/aromatic N) is 2. The Hall–Kier alpha value is -7.49. The number of rotatable bonds is 4. The Labute approximate surface area is 323 Å². The molecule has 260 valence electrons. The average molecular weight is 713 g/mol. The van der Waals surface area contributed by atoms with Crippen molar-refractivity contribution in [1.82, 2.24) is 9.55 Å². The maximum Gasteiger partial charge on any atom is 0.153 e. The van der Waals surface area contributed by atoms with Gasteiger partial charge in [0.25, 0.3) is 0 Å². The molecule has 12 rings (SSSR count). The number of fused-ring (bicyclic) bond motifs is 6. The van der Waals surface area contributed by atoms with Gasteiger partial charge in [-0.05, 0) is 119 Å². The molecule has 0 bridgehead atoms. The lowest BCUT2D eigenvalue weighted by Gasteiger charge is -2.21. The van der Waals surface area contributed by atoms with Gasteiger partial charge in [0, 0.05) is 5.56 Å². The first kappa shape index (κ1) is 30.9. The van der Waals surface area contributed by atoms with E-state index in [9.17, 15) is 0 Å². The van der Waals surface area contributed by atoms with Gasteiger partial charge >= 0.3 is 0 Å². The Morgan fingerprint density at radius 2 is 0.893 bits per heavy atom. The summed E-state index contributed by atoms with van der Waals surface area (Å²) in [4.78, 5) is 5.13. The van der Waals surface area contributed by atoms with Crippen LogP contribution in [0.4, 0.5) is 0 Å². The normalized spacial score (nSPS) is 12.1. The number of imidazole rings is 1. The topological polar surface area (TPSA) is 27.1 Å². The SMILES string of the molecule is c1ccc2c(c1)Oc1cccc3nc(-c4ccc(-c5ccc6c(-c7ccc8ccccc8c7)c7ccccc7c(-c7ccc8ccccc8c7)c6c5)cc4)n-2c13. The van der Waals surface area contributed by atoms with E-state index in [1.807, 2.05) is 24.3 Å². The molecule has 0 spiro atoms. The van der Waals surface area contributed by atoms with Crippen molar-refractivity contribution in [1.29, 1.82) is 0 Å². The van der Waals surface area contributed by atoms with E-state index < -0.39 is 0 Å². The zero-order valence-corrected chi connectivity index (χ0v) is 30.3. The maximum absolute atomic E-state index is 6.29. The lowest BCUT2D eigenvalue weighted by atomic mass is 9.84. The van der Waals surface area contributed by atoms with Crippen molar-refractivity contribution in [2.24, 2.45) is 0 Å². The summed E-state index contributed by atoms with van der Waals surface area (Å²) in [5.74, 6) is 2.56. The second kappa shape index (κ2) is 12.0. The largest absolute Gasteiger partial charge is 0.453 e. The molecule has 3 heteroatoms. The van der Waals surface area contributed by atoms with E-state index in [2.05, 4.69) is 174 Å². The van der Waals surface area contributed by atoms with Gasteiger partial charge < -0.3 is 4.74 Å². The van der Waals surface area contributed by atoms with Crippen LogP contribution in [-0.2, 0) is 0 Å². The molecule has 1 aliphatic heterocycles. The van der Waals surface area contributed by atoms with E-state index in [4.69, 9.17) is 9.72 Å². The lowest BCUT2D eigenvalue weighted by Crippen LogP contribution is -2.05. The first-order valence-electron chi connectivity index (χ1n) is 19.1. The molecular formula is C53H32N2O. The van der Waals surface area contributed by atoms with Gasteiger partial charge in [-0.1, -0.05) is 152 Å². The number of para-hydroxylation sites is 3. The molecular weight excluding hydrogens is 681 g/mol. The zero-order chi connectivity index (χ0) is 36.7. The molecule has 1 aromatic heterocycles. The van der Waals surface area contributed by atoms with Gasteiger partial charge in [0.2, 0.25) is 0 Å². The third-order valence-electron chi connectivity index (χ3n) is 11.5. The second-order valence-corrected chi connectivity index (χ2v) is 14.7. The molecule has 0 saturated carbocycles. The Morgan fingerprint density at radius 3 is 1.61 bits per heavy atom. The van der Waals surface area contributed by atoms with Gasteiger partial charge in [-0.25, -0.2) is 4.98 Å². The summed E-state index contributed by atoms with van der Waals surface area (Å²) in [6, 6.07) is 70.1. The van der Waals surface area contributed by atoms with Gasteiger partial charge in [0.1, 0.15) is 11.3 Å². The fraction of sp³-hybridized carbons (Fsp3) is 0. The Bertz CT molecular complexity index is 3390. The van der Waals surface area contributed by atoms with Crippen LogP contribution in [0.25, 0.3) is 105 Å². The summed E-state index contributed by atoms with van der Waals surface area (Å²) in [6.07, 6.45) is 0. The quantitative estimate of drug-likeness (QED) is 0.170. The van der Waals surface area contributed by atoms with Crippen LogP contribution in [0.5, 0.6) is 11.5 Å². The summed E-state index contributed by atoms with van der Waals surface area (Å²) >= 11 is 0. The molecule has 3 nitrogen and oxygen atoms in total. The van der Waals surface area contributed by atoms with Crippen LogP contribution in [-0.4, -0.2) is 9.55 Å². The highest BCUT2D eigenvalue weighted by atomic mass is 16.5. The standard InChI is InChI=1S/C53H32N2O/c1-3-12-37-30-40(26-22-33(37)10-1)50-42-14-5-6-15-43(42)51(41-27-23-34-11-2-4-13-38(34)31-41)45-32-39(28-29-44(45)50)35-20-24-36(25-21-35)53-54-46-16-9-19-49-52(46)55(53)47-17-7-8-18-48(47)56-49/h1-32H. The third-order valence-corrected chi connectivity index (χ3v) is 11.5. The number of ether oxygens (including phenoxy) is 1. The predicted octanol–water partition coefficient (Wildman–Crippen LogP) is 14.4. The summed E-state index contributed by atoms with van der Waals surface area (Å²) in [5.41, 5.74) is 11.2. The highest BCUT2D eigenvalue weighted by molar-refractivity contribution is 6.22. The number of benzene rings is 10. The van der Waals surface area contributed by atoms with Crippen LogP contribution >= 0.6 is 0 Å². The van der Waals surface area contributed by atoms with Crippen molar-refractivity contribution < 1.29 is 4.74 Å². The Balaban J connectivity index is 1.07. The van der Waals surface area contributed by atoms with E-state index in [0.717, 1.165) is 45.2 Å². The van der Waals surface area contributed by atoms with E-state index >= 15 is 0 Å². The molecule has 1 aliphatic rings. The van der Waals surface area contributed by atoms with Crippen molar-refractivity contribution in [3.8, 4) is 62.0 Å². The molecule has 0 amide bonds. The molecule has 2 heterocycles. The average Bonchev–Trinajstić information content (AvgIpc) is 3.66.